The first-order chi connectivity index (χ1) is 6.67. The summed E-state index contributed by atoms with van der Waals surface area (Å²) in [4.78, 5) is 18.8. The minimum atomic E-state index is -0.495. The van der Waals surface area contributed by atoms with Gasteiger partial charge in [-0.1, -0.05) is 0 Å². The molecule has 78 valence electrons. The lowest BCUT2D eigenvalue weighted by molar-refractivity contribution is -0.132. The van der Waals surface area contributed by atoms with E-state index in [0.29, 0.717) is 10.4 Å². The molecule has 0 aliphatic rings. The molecule has 0 saturated heterocycles. The highest BCUT2D eigenvalue weighted by Gasteiger charge is 2.14. The Morgan fingerprint density at radius 1 is 1.71 bits per heavy atom. The van der Waals surface area contributed by atoms with E-state index < -0.39 is 5.97 Å². The van der Waals surface area contributed by atoms with Crippen LogP contribution in [0.1, 0.15) is 0 Å². The Labute approximate surface area is 95.7 Å². The average molecular weight is 279 g/mol. The first-order valence-electron chi connectivity index (χ1n) is 3.61. The van der Waals surface area contributed by atoms with Gasteiger partial charge in [0.25, 0.3) is 0 Å². The Morgan fingerprint density at radius 2 is 2.36 bits per heavy atom. The van der Waals surface area contributed by atoms with Gasteiger partial charge in [0.15, 0.2) is 5.71 Å². The molecule has 0 fully saturated rings. The van der Waals surface area contributed by atoms with Crippen LogP contribution in [-0.4, -0.2) is 37.6 Å². The summed E-state index contributed by atoms with van der Waals surface area (Å²) in [6, 6.07) is 0. The lowest BCUT2D eigenvalue weighted by Gasteiger charge is -2.01. The number of hydrogen-bond acceptors (Lipinski definition) is 5. The zero-order valence-corrected chi connectivity index (χ0v) is 10.4. The van der Waals surface area contributed by atoms with E-state index in [1.807, 2.05) is 6.26 Å². The van der Waals surface area contributed by atoms with Crippen molar-refractivity contribution < 1.29 is 9.53 Å². The highest BCUT2D eigenvalue weighted by atomic mass is 79.9. The first-order valence-corrected chi connectivity index (χ1v) is 5.79. The Hall–Kier alpha value is -0.620. The van der Waals surface area contributed by atoms with Crippen molar-refractivity contribution >= 4 is 46.1 Å². The fourth-order valence-electron chi connectivity index (χ4n) is 0.605. The zero-order valence-electron chi connectivity index (χ0n) is 7.99. The second-order valence-corrected chi connectivity index (χ2v) is 3.77. The molecule has 0 atom stereocenters. The number of methoxy groups -OCH3 is 1. The predicted molar refractivity (Wildman–Crippen MR) is 64.4 cm³/mol. The molecule has 0 aliphatic carbocycles. The number of ether oxygens (including phenoxy) is 1. The van der Waals surface area contributed by atoms with Crippen molar-refractivity contribution in [3.8, 4) is 0 Å². The summed E-state index contributed by atoms with van der Waals surface area (Å²) >= 11 is 4.67. The summed E-state index contributed by atoms with van der Waals surface area (Å²) in [6.07, 6.45) is 3.29. The average Bonchev–Trinajstić information content (AvgIpc) is 2.18. The van der Waals surface area contributed by atoms with E-state index in [4.69, 9.17) is 0 Å². The van der Waals surface area contributed by atoms with Crippen molar-refractivity contribution in [1.29, 1.82) is 0 Å². The van der Waals surface area contributed by atoms with Gasteiger partial charge >= 0.3 is 5.97 Å². The van der Waals surface area contributed by atoms with E-state index in [-0.39, 0.29) is 5.71 Å². The zero-order chi connectivity index (χ0) is 11.0. The molecule has 14 heavy (non-hydrogen) atoms. The van der Waals surface area contributed by atoms with Crippen molar-refractivity contribution in [2.45, 2.75) is 0 Å². The van der Waals surface area contributed by atoms with Crippen molar-refractivity contribution in [3.63, 3.8) is 0 Å². The van der Waals surface area contributed by atoms with Gasteiger partial charge in [0.1, 0.15) is 0 Å². The first kappa shape index (κ1) is 13.4. The normalized spacial score (nSPS) is 12.5. The van der Waals surface area contributed by atoms with Gasteiger partial charge in [-0.2, -0.15) is 0 Å². The number of rotatable bonds is 5. The van der Waals surface area contributed by atoms with E-state index in [0.717, 1.165) is 0 Å². The summed E-state index contributed by atoms with van der Waals surface area (Å²) < 4.78 is 5.03. The number of nitrogens with zero attached hydrogens (tertiary/aromatic N) is 2. The molecule has 0 saturated carbocycles. The van der Waals surface area contributed by atoms with Crippen LogP contribution in [0, 0.1) is 0 Å². The molecule has 0 aromatic rings. The molecule has 0 spiro atoms. The molecule has 0 bridgehead atoms. The molecule has 0 unspecified atom stereocenters. The van der Waals surface area contributed by atoms with Crippen LogP contribution in [0.2, 0.25) is 0 Å². The Kier molecular flexibility index (Phi) is 7.41. The molecule has 4 nitrogen and oxygen atoms in total. The lowest BCUT2D eigenvalue weighted by Crippen LogP contribution is -2.16. The number of thioether (sulfide) groups is 1. The maximum Gasteiger partial charge on any atom is 0.357 e. The topological polar surface area (TPSA) is 51.0 Å². The smallest absolute Gasteiger partial charge is 0.357 e. The molecule has 0 N–H and O–H groups in total. The van der Waals surface area contributed by atoms with E-state index in [1.54, 1.807) is 0 Å². The molecule has 0 aromatic carbocycles. The molecular weight excluding hydrogens is 268 g/mol. The maximum absolute atomic E-state index is 11.2. The molecule has 0 radical (unpaired) electrons. The minimum Gasteiger partial charge on any atom is -0.464 e. The van der Waals surface area contributed by atoms with Crippen LogP contribution in [0.5, 0.6) is 0 Å². The van der Waals surface area contributed by atoms with Gasteiger partial charge in [0.05, 0.1) is 17.5 Å². The summed E-state index contributed by atoms with van der Waals surface area (Å²) in [7, 11) is 1.30. The van der Waals surface area contributed by atoms with Crippen LogP contribution in [0.15, 0.2) is 20.7 Å². The van der Waals surface area contributed by atoms with Crippen molar-refractivity contribution in [2.75, 3.05) is 19.2 Å². The number of aliphatic imine (C=N–C) groups is 2. The molecule has 0 amide bonds. The highest BCUT2D eigenvalue weighted by Crippen LogP contribution is 2.10. The third kappa shape index (κ3) is 4.57. The Balaban J connectivity index is 4.80. The van der Waals surface area contributed by atoms with Gasteiger partial charge in [-0.05, 0) is 28.9 Å². The van der Waals surface area contributed by atoms with Crippen LogP contribution in [0.4, 0.5) is 0 Å². The lowest BCUT2D eigenvalue weighted by atomic mass is 10.3. The highest BCUT2D eigenvalue weighted by molar-refractivity contribution is 9.12. The third-order valence-corrected chi connectivity index (χ3v) is 2.13. The SMILES string of the molecule is C=N/C=C(Br)\C(=N/CSC)C(=O)OC. The fourth-order valence-corrected chi connectivity index (χ4v) is 1.29. The molecule has 0 aliphatic heterocycles. The van der Waals surface area contributed by atoms with Crippen LogP contribution in [0.3, 0.4) is 0 Å². The molecule has 6 heteroatoms. The minimum absolute atomic E-state index is 0.217. The monoisotopic (exact) mass is 278 g/mol. The van der Waals surface area contributed by atoms with Crippen LogP contribution in [-0.2, 0) is 9.53 Å². The molecular formula is C8H11BrN2O2S. The number of esters is 1. The number of carbonyl (C=O) groups is 1. The van der Waals surface area contributed by atoms with Crippen LogP contribution in [0.25, 0.3) is 0 Å². The number of carbonyl (C=O) groups excluding carboxylic acids is 1. The van der Waals surface area contributed by atoms with Crippen molar-refractivity contribution in [1.82, 2.24) is 0 Å². The standard InChI is InChI=1S/C8H11BrN2O2S/c1-10-4-6(9)7(8(12)13-2)11-5-14-3/h4H,1,5H2,2-3H3/b6-4+,11-7+. The van der Waals surface area contributed by atoms with Gasteiger partial charge in [0.2, 0.25) is 0 Å². The second kappa shape index (κ2) is 7.75. The predicted octanol–water partition coefficient (Wildman–Crippen LogP) is 1.86. The largest absolute Gasteiger partial charge is 0.464 e. The fraction of sp³-hybridized carbons (Fsp3) is 0.375. The van der Waals surface area contributed by atoms with Crippen LogP contribution >= 0.6 is 27.7 Å². The summed E-state index contributed by atoms with van der Waals surface area (Å²) in [5, 5.41) is 0. The Morgan fingerprint density at radius 3 is 2.79 bits per heavy atom. The summed E-state index contributed by atoms with van der Waals surface area (Å²) in [5.74, 6) is -0.00402. The molecule has 0 aromatic heterocycles. The quantitative estimate of drug-likeness (QED) is 0.570. The Bertz CT molecular complexity index is 277. The van der Waals surface area contributed by atoms with Gasteiger partial charge in [-0.3, -0.25) is 9.98 Å². The van der Waals surface area contributed by atoms with Gasteiger partial charge < -0.3 is 4.74 Å². The summed E-state index contributed by atoms with van der Waals surface area (Å²) in [6.45, 7) is 3.28. The second-order valence-electron chi connectivity index (χ2n) is 2.08. The molecule has 0 rings (SSSR count). The van der Waals surface area contributed by atoms with Gasteiger partial charge in [-0.15, -0.1) is 11.8 Å². The summed E-state index contributed by atoms with van der Waals surface area (Å²) in [5.41, 5.74) is 0.217. The number of halogens is 1. The van der Waals surface area contributed by atoms with E-state index in [1.165, 1.54) is 25.1 Å². The van der Waals surface area contributed by atoms with Crippen molar-refractivity contribution in [3.05, 3.63) is 10.7 Å². The third-order valence-electron chi connectivity index (χ3n) is 1.16. The van der Waals surface area contributed by atoms with Gasteiger partial charge in [0, 0.05) is 6.20 Å². The van der Waals surface area contributed by atoms with Crippen molar-refractivity contribution in [2.24, 2.45) is 9.98 Å². The van der Waals surface area contributed by atoms with Crippen LogP contribution < -0.4 is 0 Å². The van der Waals surface area contributed by atoms with E-state index in [9.17, 15) is 4.79 Å². The number of hydrogen-bond donors (Lipinski definition) is 0. The van der Waals surface area contributed by atoms with Gasteiger partial charge in [-0.25, -0.2) is 4.79 Å². The van der Waals surface area contributed by atoms with E-state index >= 15 is 0 Å². The molecule has 0 heterocycles. The van der Waals surface area contributed by atoms with E-state index in [2.05, 4.69) is 37.4 Å². The maximum atomic E-state index is 11.2.